The van der Waals surface area contributed by atoms with Crippen molar-refractivity contribution >= 4 is 12.0 Å². The van der Waals surface area contributed by atoms with Crippen LogP contribution in [0, 0.1) is 5.41 Å². The summed E-state index contributed by atoms with van der Waals surface area (Å²) in [7, 11) is 0. The van der Waals surface area contributed by atoms with Crippen molar-refractivity contribution < 1.29 is 9.90 Å². The molecule has 1 N–H and O–H groups in total. The van der Waals surface area contributed by atoms with E-state index in [1.165, 1.54) is 5.56 Å². The first-order valence-electron chi connectivity index (χ1n) is 5.39. The minimum atomic E-state index is -0.914. The Hall–Kier alpha value is -1.83. The van der Waals surface area contributed by atoms with Crippen LogP contribution in [0.25, 0.3) is 6.08 Å². The van der Waals surface area contributed by atoms with Crippen LogP contribution < -0.4 is 0 Å². The summed E-state index contributed by atoms with van der Waals surface area (Å²) >= 11 is 0. The van der Waals surface area contributed by atoms with Crippen molar-refractivity contribution in [1.29, 1.82) is 0 Å². The minimum Gasteiger partial charge on any atom is -0.478 e. The van der Waals surface area contributed by atoms with Crippen molar-refractivity contribution in [2.24, 2.45) is 5.41 Å². The van der Waals surface area contributed by atoms with Gasteiger partial charge >= 0.3 is 5.97 Å². The van der Waals surface area contributed by atoms with Gasteiger partial charge in [-0.2, -0.15) is 0 Å². The van der Waals surface area contributed by atoms with Crippen LogP contribution in [0.1, 0.15) is 26.3 Å². The van der Waals surface area contributed by atoms with Gasteiger partial charge in [-0.25, -0.2) is 4.79 Å². The van der Waals surface area contributed by atoms with E-state index in [9.17, 15) is 4.79 Å². The Morgan fingerprint density at radius 2 is 1.71 bits per heavy atom. The number of carboxylic acid groups (broad SMARTS) is 1. The van der Waals surface area contributed by atoms with Gasteiger partial charge in [0.15, 0.2) is 0 Å². The van der Waals surface area contributed by atoms with Crippen LogP contribution in [0.3, 0.4) is 0 Å². The van der Waals surface area contributed by atoms with Crippen LogP contribution in [0.4, 0.5) is 0 Å². The third-order valence-electron chi connectivity index (χ3n) is 2.20. The van der Waals surface area contributed by atoms with Crippen molar-refractivity contribution in [2.75, 3.05) is 0 Å². The average molecular weight is 232 g/mol. The Labute approximate surface area is 103 Å². The molecule has 0 spiro atoms. The molecule has 0 saturated heterocycles. The predicted molar refractivity (Wildman–Crippen MR) is 72.8 cm³/mol. The van der Waals surface area contributed by atoms with Crippen molar-refractivity contribution in [1.82, 2.24) is 0 Å². The lowest BCUT2D eigenvalue weighted by Crippen LogP contribution is -2.15. The second-order valence-electron chi connectivity index (χ2n) is 4.65. The Balaban J connectivity index is 0.000000302. The SMILES string of the molecule is C=C(C(=O)O)C(C)(C)C.C=Cc1ccccc1. The molecule has 0 fully saturated rings. The molecule has 0 bridgehead atoms. The molecular weight excluding hydrogens is 212 g/mol. The second-order valence-corrected chi connectivity index (χ2v) is 4.65. The molecular formula is C15H20O2. The molecule has 0 unspecified atom stereocenters. The van der Waals surface area contributed by atoms with E-state index >= 15 is 0 Å². The van der Waals surface area contributed by atoms with Crippen LogP contribution in [-0.2, 0) is 4.79 Å². The minimum absolute atomic E-state index is 0.252. The largest absolute Gasteiger partial charge is 0.478 e. The molecule has 0 aliphatic carbocycles. The number of rotatable bonds is 2. The van der Waals surface area contributed by atoms with E-state index in [4.69, 9.17) is 5.11 Å². The number of benzene rings is 1. The lowest BCUT2D eigenvalue weighted by molar-refractivity contribution is -0.133. The van der Waals surface area contributed by atoms with Crippen LogP contribution in [0.2, 0.25) is 0 Å². The summed E-state index contributed by atoms with van der Waals surface area (Å²) in [6, 6.07) is 10.0. The van der Waals surface area contributed by atoms with E-state index in [0.717, 1.165) is 0 Å². The Morgan fingerprint density at radius 3 is 1.88 bits per heavy atom. The van der Waals surface area contributed by atoms with Gasteiger partial charge in [-0.1, -0.05) is 70.3 Å². The average Bonchev–Trinajstić information content (AvgIpc) is 2.28. The van der Waals surface area contributed by atoms with Gasteiger partial charge in [0.2, 0.25) is 0 Å². The van der Waals surface area contributed by atoms with Gasteiger partial charge in [0, 0.05) is 5.57 Å². The number of aliphatic carboxylic acids is 1. The maximum Gasteiger partial charge on any atom is 0.331 e. The monoisotopic (exact) mass is 232 g/mol. The molecule has 1 aromatic carbocycles. The molecule has 0 aromatic heterocycles. The van der Waals surface area contributed by atoms with Gasteiger partial charge < -0.3 is 5.11 Å². The summed E-state index contributed by atoms with van der Waals surface area (Å²) in [4.78, 5) is 10.2. The number of hydrogen-bond donors (Lipinski definition) is 1. The number of hydrogen-bond acceptors (Lipinski definition) is 1. The molecule has 0 heterocycles. The molecule has 92 valence electrons. The standard InChI is InChI=1S/C8H8.C7H12O2/c1-2-8-6-4-3-5-7-8;1-5(6(8)9)7(2,3)4/h2-7H,1H2;1H2,2-4H3,(H,8,9). The molecule has 17 heavy (non-hydrogen) atoms. The first kappa shape index (κ1) is 15.2. The highest BCUT2D eigenvalue weighted by Gasteiger charge is 2.20. The Kier molecular flexibility index (Phi) is 5.97. The molecule has 0 aliphatic heterocycles. The molecule has 0 saturated carbocycles. The molecule has 1 rings (SSSR count). The summed E-state index contributed by atoms with van der Waals surface area (Å²) in [6.45, 7) is 12.5. The highest BCUT2D eigenvalue weighted by atomic mass is 16.4. The van der Waals surface area contributed by atoms with Crippen molar-refractivity contribution in [3.8, 4) is 0 Å². The topological polar surface area (TPSA) is 37.3 Å². The maximum atomic E-state index is 10.2. The van der Waals surface area contributed by atoms with E-state index < -0.39 is 5.97 Å². The fraction of sp³-hybridized carbons (Fsp3) is 0.267. The zero-order valence-corrected chi connectivity index (χ0v) is 10.7. The first-order chi connectivity index (χ1) is 7.79. The van der Waals surface area contributed by atoms with Crippen molar-refractivity contribution in [2.45, 2.75) is 20.8 Å². The summed E-state index contributed by atoms with van der Waals surface area (Å²) in [5.74, 6) is -0.914. The van der Waals surface area contributed by atoms with E-state index in [1.807, 2.05) is 57.2 Å². The van der Waals surface area contributed by atoms with Gasteiger partial charge in [-0.05, 0) is 11.0 Å². The summed E-state index contributed by atoms with van der Waals surface area (Å²) in [5.41, 5.74) is 1.11. The second kappa shape index (κ2) is 6.69. The zero-order valence-electron chi connectivity index (χ0n) is 10.7. The summed E-state index contributed by atoms with van der Waals surface area (Å²) < 4.78 is 0. The Bertz CT molecular complexity index is 383. The highest BCUT2D eigenvalue weighted by Crippen LogP contribution is 2.22. The molecule has 2 nitrogen and oxygen atoms in total. The zero-order chi connectivity index (χ0) is 13.5. The third kappa shape index (κ3) is 6.36. The van der Waals surface area contributed by atoms with Crippen LogP contribution in [0.5, 0.6) is 0 Å². The van der Waals surface area contributed by atoms with E-state index in [2.05, 4.69) is 13.2 Å². The van der Waals surface area contributed by atoms with Crippen LogP contribution in [0.15, 0.2) is 49.1 Å². The van der Waals surface area contributed by atoms with Crippen LogP contribution in [-0.4, -0.2) is 11.1 Å². The molecule has 2 heteroatoms. The summed E-state index contributed by atoms with van der Waals surface area (Å²) in [6.07, 6.45) is 1.83. The van der Waals surface area contributed by atoms with E-state index in [-0.39, 0.29) is 11.0 Å². The number of carbonyl (C=O) groups is 1. The third-order valence-corrected chi connectivity index (χ3v) is 2.20. The van der Waals surface area contributed by atoms with Crippen molar-refractivity contribution in [3.05, 3.63) is 54.6 Å². The van der Waals surface area contributed by atoms with Gasteiger partial charge in [-0.15, -0.1) is 0 Å². The van der Waals surface area contributed by atoms with Gasteiger partial charge in [-0.3, -0.25) is 0 Å². The molecule has 0 aliphatic rings. The molecule has 0 amide bonds. The molecule has 0 atom stereocenters. The van der Waals surface area contributed by atoms with Gasteiger partial charge in [0.05, 0.1) is 0 Å². The Morgan fingerprint density at radius 1 is 1.24 bits per heavy atom. The first-order valence-corrected chi connectivity index (χ1v) is 5.39. The van der Waals surface area contributed by atoms with Crippen LogP contribution >= 0.6 is 0 Å². The van der Waals surface area contributed by atoms with Gasteiger partial charge in [0.25, 0.3) is 0 Å². The predicted octanol–water partition coefficient (Wildman–Crippen LogP) is 4.00. The smallest absolute Gasteiger partial charge is 0.331 e. The highest BCUT2D eigenvalue weighted by molar-refractivity contribution is 5.87. The molecule has 0 radical (unpaired) electrons. The fourth-order valence-corrected chi connectivity index (χ4v) is 0.910. The maximum absolute atomic E-state index is 10.2. The normalized spacial score (nSPS) is 9.82. The van der Waals surface area contributed by atoms with E-state index in [0.29, 0.717) is 0 Å². The quantitative estimate of drug-likeness (QED) is 0.782. The van der Waals surface area contributed by atoms with Gasteiger partial charge in [0.1, 0.15) is 0 Å². The lowest BCUT2D eigenvalue weighted by atomic mass is 9.88. The fourth-order valence-electron chi connectivity index (χ4n) is 0.910. The molecule has 1 aromatic rings. The number of carboxylic acids is 1. The summed E-state index contributed by atoms with van der Waals surface area (Å²) in [5, 5.41) is 8.42. The lowest BCUT2D eigenvalue weighted by Gasteiger charge is -2.17. The van der Waals surface area contributed by atoms with E-state index in [1.54, 1.807) is 0 Å². The van der Waals surface area contributed by atoms with Crippen molar-refractivity contribution in [3.63, 3.8) is 0 Å².